The number of aromatic nitrogens is 1. The summed E-state index contributed by atoms with van der Waals surface area (Å²) in [6, 6.07) is 8.82. The summed E-state index contributed by atoms with van der Waals surface area (Å²) in [6.07, 6.45) is 2.64. The largest absolute Gasteiger partial charge is 0.481 e. The van der Waals surface area contributed by atoms with Crippen molar-refractivity contribution in [3.63, 3.8) is 0 Å². The number of hydrogen-bond donors (Lipinski definition) is 2. The van der Waals surface area contributed by atoms with Gasteiger partial charge >= 0.3 is 5.97 Å². The van der Waals surface area contributed by atoms with Gasteiger partial charge in [-0.1, -0.05) is 24.2 Å². The predicted octanol–water partition coefficient (Wildman–Crippen LogP) is 3.07. The van der Waals surface area contributed by atoms with Crippen molar-refractivity contribution in [2.75, 3.05) is 5.32 Å². The minimum Gasteiger partial charge on any atom is -0.481 e. The Labute approximate surface area is 133 Å². The highest BCUT2D eigenvalue weighted by Crippen LogP contribution is 2.40. The van der Waals surface area contributed by atoms with Gasteiger partial charge in [0.25, 0.3) is 5.91 Å². The molecular weight excluding hydrogens is 296 g/mol. The Hall–Kier alpha value is -2.63. The van der Waals surface area contributed by atoms with Gasteiger partial charge in [0.15, 0.2) is 5.69 Å². The lowest BCUT2D eigenvalue weighted by molar-refractivity contribution is -0.141. The zero-order valence-electron chi connectivity index (χ0n) is 12.8. The van der Waals surface area contributed by atoms with Gasteiger partial charge in [-0.3, -0.25) is 9.59 Å². The third-order valence-electron chi connectivity index (χ3n) is 3.92. The number of nitrogens with one attached hydrogen (secondary N) is 1. The maximum absolute atomic E-state index is 12.1. The molecule has 1 aliphatic rings. The van der Waals surface area contributed by atoms with Crippen LogP contribution < -0.4 is 5.32 Å². The van der Waals surface area contributed by atoms with Crippen molar-refractivity contribution in [1.29, 1.82) is 0 Å². The van der Waals surface area contributed by atoms with E-state index in [4.69, 9.17) is 9.63 Å². The summed E-state index contributed by atoms with van der Waals surface area (Å²) in [4.78, 5) is 23.0. The molecule has 6 nitrogen and oxygen atoms in total. The molecule has 1 fully saturated rings. The van der Waals surface area contributed by atoms with Crippen LogP contribution in [0.2, 0.25) is 0 Å². The summed E-state index contributed by atoms with van der Waals surface area (Å²) in [5.74, 6) is -0.383. The molecule has 1 unspecified atom stereocenters. The topological polar surface area (TPSA) is 92.4 Å². The van der Waals surface area contributed by atoms with Gasteiger partial charge < -0.3 is 14.9 Å². The lowest BCUT2D eigenvalue weighted by Gasteiger charge is -2.07. The Morgan fingerprint density at radius 3 is 2.65 bits per heavy atom. The van der Waals surface area contributed by atoms with Gasteiger partial charge in [-0.05, 0) is 37.0 Å². The first-order valence-corrected chi connectivity index (χ1v) is 7.62. The van der Waals surface area contributed by atoms with Crippen LogP contribution in [-0.2, 0) is 11.2 Å². The minimum absolute atomic E-state index is 0.274. The highest BCUT2D eigenvalue weighted by Gasteiger charge is 2.28. The van der Waals surface area contributed by atoms with Gasteiger partial charge in [0, 0.05) is 17.7 Å². The van der Waals surface area contributed by atoms with Crippen LogP contribution in [0.4, 0.5) is 5.69 Å². The highest BCUT2D eigenvalue weighted by atomic mass is 16.5. The Morgan fingerprint density at radius 2 is 2.04 bits per heavy atom. The van der Waals surface area contributed by atoms with E-state index >= 15 is 0 Å². The normalized spacial score (nSPS) is 15.2. The number of carbonyl (C=O) groups is 2. The van der Waals surface area contributed by atoms with E-state index in [1.165, 1.54) is 0 Å². The van der Waals surface area contributed by atoms with Crippen molar-refractivity contribution in [3.05, 3.63) is 47.3 Å². The van der Waals surface area contributed by atoms with Crippen molar-refractivity contribution < 1.29 is 19.2 Å². The van der Waals surface area contributed by atoms with Gasteiger partial charge in [-0.2, -0.15) is 0 Å². The second-order valence-electron chi connectivity index (χ2n) is 5.98. The first-order valence-electron chi connectivity index (χ1n) is 7.62. The van der Waals surface area contributed by atoms with E-state index in [0.717, 1.165) is 24.2 Å². The molecular formula is C17H18N2O4. The molecule has 1 aromatic heterocycles. The summed E-state index contributed by atoms with van der Waals surface area (Å²) < 4.78 is 5.17. The highest BCUT2D eigenvalue weighted by molar-refractivity contribution is 6.02. The summed E-state index contributed by atoms with van der Waals surface area (Å²) in [6.45, 7) is 1.67. The second kappa shape index (κ2) is 6.24. The fourth-order valence-electron chi connectivity index (χ4n) is 2.32. The van der Waals surface area contributed by atoms with E-state index in [1.54, 1.807) is 25.1 Å². The number of rotatable bonds is 6. The maximum atomic E-state index is 12.1. The Balaban J connectivity index is 1.60. The van der Waals surface area contributed by atoms with Crippen LogP contribution in [0.5, 0.6) is 0 Å². The molecule has 3 rings (SSSR count). The van der Waals surface area contributed by atoms with E-state index in [9.17, 15) is 9.59 Å². The van der Waals surface area contributed by atoms with E-state index in [-0.39, 0.29) is 11.6 Å². The van der Waals surface area contributed by atoms with E-state index in [1.807, 2.05) is 12.1 Å². The zero-order chi connectivity index (χ0) is 16.4. The number of amides is 1. The number of carbonyl (C=O) groups excluding carboxylic acids is 1. The molecule has 2 aromatic rings. The third-order valence-corrected chi connectivity index (χ3v) is 3.92. The molecule has 1 heterocycles. The quantitative estimate of drug-likeness (QED) is 0.855. The molecule has 1 atom stereocenters. The SMILES string of the molecule is CC(Cc1ccc(NC(=O)c2cc(C3CC3)on2)cc1)C(=O)O. The Bertz CT molecular complexity index is 716. The molecule has 0 saturated heterocycles. The molecule has 6 heteroatoms. The van der Waals surface area contributed by atoms with Gasteiger partial charge in [-0.15, -0.1) is 0 Å². The molecule has 1 saturated carbocycles. The van der Waals surface area contributed by atoms with Crippen LogP contribution in [0.1, 0.15) is 47.5 Å². The van der Waals surface area contributed by atoms with Crippen LogP contribution >= 0.6 is 0 Å². The van der Waals surface area contributed by atoms with Crippen molar-refractivity contribution >= 4 is 17.6 Å². The average molecular weight is 314 g/mol. The molecule has 120 valence electrons. The van der Waals surface area contributed by atoms with Crippen LogP contribution in [0.25, 0.3) is 0 Å². The van der Waals surface area contributed by atoms with Gasteiger partial charge in [0.2, 0.25) is 0 Å². The van der Waals surface area contributed by atoms with E-state index < -0.39 is 11.9 Å². The molecule has 23 heavy (non-hydrogen) atoms. The smallest absolute Gasteiger partial charge is 0.306 e. The minimum atomic E-state index is -0.820. The lowest BCUT2D eigenvalue weighted by atomic mass is 10.0. The molecule has 0 aliphatic heterocycles. The average Bonchev–Trinajstić information content (AvgIpc) is 3.26. The summed E-state index contributed by atoms with van der Waals surface area (Å²) in [5.41, 5.74) is 1.82. The first-order chi connectivity index (χ1) is 11.0. The number of nitrogens with zero attached hydrogens (tertiary/aromatic N) is 1. The van der Waals surface area contributed by atoms with Gasteiger partial charge in [0.05, 0.1) is 5.92 Å². The fraction of sp³-hybridized carbons (Fsp3) is 0.353. The number of aliphatic carboxylic acids is 1. The Kier molecular flexibility index (Phi) is 4.14. The van der Waals surface area contributed by atoms with Crippen molar-refractivity contribution in [3.8, 4) is 0 Å². The standard InChI is InChI=1S/C17H18N2O4/c1-10(17(21)22)8-11-2-6-13(7-3-11)18-16(20)14-9-15(23-19-14)12-4-5-12/h2-3,6-7,9-10,12H,4-5,8H2,1H3,(H,18,20)(H,21,22). The van der Waals surface area contributed by atoms with Crippen LogP contribution in [0.15, 0.2) is 34.9 Å². The lowest BCUT2D eigenvalue weighted by Crippen LogP contribution is -2.13. The van der Waals surface area contributed by atoms with Crippen molar-refractivity contribution in [1.82, 2.24) is 5.16 Å². The van der Waals surface area contributed by atoms with Crippen LogP contribution in [0, 0.1) is 5.92 Å². The van der Waals surface area contributed by atoms with Crippen LogP contribution in [0.3, 0.4) is 0 Å². The van der Waals surface area contributed by atoms with E-state index in [2.05, 4.69) is 10.5 Å². The predicted molar refractivity (Wildman–Crippen MR) is 83.4 cm³/mol. The van der Waals surface area contributed by atoms with Crippen LogP contribution in [-0.4, -0.2) is 22.1 Å². The third kappa shape index (κ3) is 3.77. The zero-order valence-corrected chi connectivity index (χ0v) is 12.8. The number of carboxylic acids is 1. The van der Waals surface area contributed by atoms with Gasteiger partial charge in [-0.25, -0.2) is 0 Å². The fourth-order valence-corrected chi connectivity index (χ4v) is 2.32. The molecule has 1 aromatic carbocycles. The van der Waals surface area contributed by atoms with Crippen molar-refractivity contribution in [2.24, 2.45) is 5.92 Å². The molecule has 0 spiro atoms. The number of anilines is 1. The number of benzene rings is 1. The monoisotopic (exact) mass is 314 g/mol. The van der Waals surface area contributed by atoms with E-state index in [0.29, 0.717) is 18.0 Å². The molecule has 0 bridgehead atoms. The summed E-state index contributed by atoms with van der Waals surface area (Å²) in [7, 11) is 0. The molecule has 0 radical (unpaired) electrons. The van der Waals surface area contributed by atoms with Crippen molar-refractivity contribution in [2.45, 2.75) is 32.1 Å². The molecule has 1 amide bonds. The number of carboxylic acid groups (broad SMARTS) is 1. The molecule has 1 aliphatic carbocycles. The maximum Gasteiger partial charge on any atom is 0.306 e. The first kappa shape index (κ1) is 15.3. The molecule has 2 N–H and O–H groups in total. The van der Waals surface area contributed by atoms with Gasteiger partial charge in [0.1, 0.15) is 5.76 Å². The number of hydrogen-bond acceptors (Lipinski definition) is 4. The summed E-state index contributed by atoms with van der Waals surface area (Å²) >= 11 is 0. The second-order valence-corrected chi connectivity index (χ2v) is 5.98. The Morgan fingerprint density at radius 1 is 1.35 bits per heavy atom. The summed E-state index contributed by atoms with van der Waals surface area (Å²) in [5, 5.41) is 15.5.